The molecule has 2 aromatic carbocycles. The van der Waals surface area contributed by atoms with Crippen LogP contribution in [0.25, 0.3) is 0 Å². The van der Waals surface area contributed by atoms with Gasteiger partial charge in [0.25, 0.3) is 0 Å². The molecule has 0 bridgehead atoms. The minimum Gasteiger partial charge on any atom is -0.326 e. The second-order valence-corrected chi connectivity index (χ2v) is 5.64. The summed E-state index contributed by atoms with van der Waals surface area (Å²) in [5, 5.41) is 2.81. The molecule has 0 unspecified atom stereocenters. The van der Waals surface area contributed by atoms with E-state index >= 15 is 0 Å². The molecule has 114 valence electrons. The van der Waals surface area contributed by atoms with Crippen LogP contribution in [0.2, 0.25) is 0 Å². The van der Waals surface area contributed by atoms with E-state index in [1.54, 1.807) is 0 Å². The summed E-state index contributed by atoms with van der Waals surface area (Å²) in [5.74, 6) is -0.136. The Labute approximate surface area is 131 Å². The largest absolute Gasteiger partial charge is 0.326 e. The molecule has 0 aliphatic carbocycles. The predicted octanol–water partition coefficient (Wildman–Crippen LogP) is 4.21. The van der Waals surface area contributed by atoms with Gasteiger partial charge in [-0.05, 0) is 50.1 Å². The molecule has 2 aromatic rings. The molecule has 0 aromatic heterocycles. The van der Waals surface area contributed by atoms with Crippen LogP contribution < -0.4 is 5.32 Å². The van der Waals surface area contributed by atoms with Crippen molar-refractivity contribution in [3.05, 3.63) is 64.7 Å². The molecule has 3 heteroatoms. The first-order chi connectivity index (χ1) is 10.5. The van der Waals surface area contributed by atoms with Crippen LogP contribution in [0.1, 0.15) is 39.9 Å². The Balaban J connectivity index is 1.88. The topological polar surface area (TPSA) is 46.2 Å². The number of Topliss-reactive ketones (excluding diaryl/α,β-unsaturated/α-hetero) is 1. The highest BCUT2D eigenvalue weighted by molar-refractivity contribution is 6.00. The van der Waals surface area contributed by atoms with Gasteiger partial charge in [0.15, 0.2) is 5.78 Å². The molecule has 0 radical (unpaired) electrons. The zero-order valence-electron chi connectivity index (χ0n) is 13.3. The first kappa shape index (κ1) is 16.0. The highest BCUT2D eigenvalue weighted by Crippen LogP contribution is 2.13. The summed E-state index contributed by atoms with van der Waals surface area (Å²) in [6.45, 7) is 5.99. The van der Waals surface area contributed by atoms with Gasteiger partial charge in [0.2, 0.25) is 5.91 Å². The minimum absolute atomic E-state index is 0.00200. The molecule has 0 saturated carbocycles. The van der Waals surface area contributed by atoms with Crippen LogP contribution >= 0.6 is 0 Å². The van der Waals surface area contributed by atoms with E-state index < -0.39 is 0 Å². The maximum atomic E-state index is 12.1. The number of benzene rings is 2. The second kappa shape index (κ2) is 7.03. The normalized spacial score (nSPS) is 10.3. The Morgan fingerprint density at radius 1 is 0.864 bits per heavy atom. The molecule has 0 saturated heterocycles. The van der Waals surface area contributed by atoms with Crippen molar-refractivity contribution in [1.29, 1.82) is 0 Å². The molecule has 1 N–H and O–H groups in total. The lowest BCUT2D eigenvalue weighted by atomic mass is 10.0. The van der Waals surface area contributed by atoms with Gasteiger partial charge >= 0.3 is 0 Å². The number of hydrogen-bond acceptors (Lipinski definition) is 2. The Bertz CT molecular complexity index is 687. The van der Waals surface area contributed by atoms with Gasteiger partial charge < -0.3 is 5.32 Å². The summed E-state index contributed by atoms with van der Waals surface area (Å²) in [4.78, 5) is 24.0. The van der Waals surface area contributed by atoms with E-state index in [9.17, 15) is 9.59 Å². The SMILES string of the molecule is Cc1ccc(NC(=O)CCC(=O)c2ccc(C)c(C)c2)cc1. The second-order valence-electron chi connectivity index (χ2n) is 5.64. The maximum Gasteiger partial charge on any atom is 0.224 e. The molecule has 1 amide bonds. The number of rotatable bonds is 5. The highest BCUT2D eigenvalue weighted by Gasteiger charge is 2.10. The van der Waals surface area contributed by atoms with Crippen molar-refractivity contribution in [3.8, 4) is 0 Å². The van der Waals surface area contributed by atoms with Crippen LogP contribution in [-0.2, 0) is 4.79 Å². The van der Waals surface area contributed by atoms with Gasteiger partial charge in [-0.2, -0.15) is 0 Å². The summed E-state index contributed by atoms with van der Waals surface area (Å²) in [6.07, 6.45) is 0.416. The highest BCUT2D eigenvalue weighted by atomic mass is 16.2. The van der Waals surface area contributed by atoms with Gasteiger partial charge in [0.1, 0.15) is 0 Å². The smallest absolute Gasteiger partial charge is 0.224 e. The number of ketones is 1. The van der Waals surface area contributed by atoms with E-state index in [-0.39, 0.29) is 24.5 Å². The molecule has 3 nitrogen and oxygen atoms in total. The van der Waals surface area contributed by atoms with Gasteiger partial charge in [0, 0.05) is 24.1 Å². The average molecular weight is 295 g/mol. The van der Waals surface area contributed by atoms with Crippen molar-refractivity contribution < 1.29 is 9.59 Å². The predicted molar refractivity (Wildman–Crippen MR) is 89.3 cm³/mol. The van der Waals surface area contributed by atoms with Crippen LogP contribution in [0.3, 0.4) is 0 Å². The van der Waals surface area contributed by atoms with Gasteiger partial charge in [-0.15, -0.1) is 0 Å². The standard InChI is InChI=1S/C19H21NO2/c1-13-4-8-17(9-5-13)20-19(22)11-10-18(21)16-7-6-14(2)15(3)12-16/h4-9,12H,10-11H2,1-3H3,(H,20,22). The van der Waals surface area contributed by atoms with Crippen molar-refractivity contribution in [1.82, 2.24) is 0 Å². The van der Waals surface area contributed by atoms with E-state index in [4.69, 9.17) is 0 Å². The fraction of sp³-hybridized carbons (Fsp3) is 0.263. The number of carbonyl (C=O) groups is 2. The summed E-state index contributed by atoms with van der Waals surface area (Å²) in [5.41, 5.74) is 4.83. The molecule has 0 aliphatic rings. The van der Waals surface area contributed by atoms with Crippen molar-refractivity contribution in [2.45, 2.75) is 33.6 Å². The lowest BCUT2D eigenvalue weighted by Crippen LogP contribution is -2.13. The number of hydrogen-bond donors (Lipinski definition) is 1. The lowest BCUT2D eigenvalue weighted by molar-refractivity contribution is -0.116. The summed E-state index contributed by atoms with van der Waals surface area (Å²) in [7, 11) is 0. The number of aryl methyl sites for hydroxylation is 3. The van der Waals surface area contributed by atoms with Crippen molar-refractivity contribution in [2.24, 2.45) is 0 Å². The Morgan fingerprint density at radius 2 is 1.55 bits per heavy atom. The summed E-state index contributed by atoms with van der Waals surface area (Å²) >= 11 is 0. The molecule has 0 atom stereocenters. The number of nitrogens with one attached hydrogen (secondary N) is 1. The van der Waals surface area contributed by atoms with E-state index in [1.165, 1.54) is 0 Å². The van der Waals surface area contributed by atoms with E-state index in [1.807, 2.05) is 63.2 Å². The summed E-state index contributed by atoms with van der Waals surface area (Å²) < 4.78 is 0. The van der Waals surface area contributed by atoms with Gasteiger partial charge in [-0.1, -0.05) is 29.8 Å². The molecular formula is C19H21NO2. The molecule has 0 aliphatic heterocycles. The third-order valence-corrected chi connectivity index (χ3v) is 3.74. The molecular weight excluding hydrogens is 274 g/mol. The first-order valence-corrected chi connectivity index (χ1v) is 7.42. The van der Waals surface area contributed by atoms with Crippen LogP contribution in [0.15, 0.2) is 42.5 Å². The van der Waals surface area contributed by atoms with Crippen molar-refractivity contribution in [2.75, 3.05) is 5.32 Å². The maximum absolute atomic E-state index is 12.1. The van der Waals surface area contributed by atoms with Crippen molar-refractivity contribution in [3.63, 3.8) is 0 Å². The van der Waals surface area contributed by atoms with Gasteiger partial charge in [-0.3, -0.25) is 9.59 Å². The Morgan fingerprint density at radius 3 is 2.18 bits per heavy atom. The molecule has 0 spiro atoms. The average Bonchev–Trinajstić information content (AvgIpc) is 2.50. The van der Waals surface area contributed by atoms with Crippen LogP contribution in [0.5, 0.6) is 0 Å². The van der Waals surface area contributed by atoms with Crippen LogP contribution in [0, 0.1) is 20.8 Å². The fourth-order valence-corrected chi connectivity index (χ4v) is 2.15. The number of anilines is 1. The third-order valence-electron chi connectivity index (χ3n) is 3.74. The molecule has 22 heavy (non-hydrogen) atoms. The molecule has 0 heterocycles. The van der Waals surface area contributed by atoms with Gasteiger partial charge in [-0.25, -0.2) is 0 Å². The summed E-state index contributed by atoms with van der Waals surface area (Å²) in [6, 6.07) is 13.2. The first-order valence-electron chi connectivity index (χ1n) is 7.42. The van der Waals surface area contributed by atoms with E-state index in [0.717, 1.165) is 22.4 Å². The fourth-order valence-electron chi connectivity index (χ4n) is 2.15. The van der Waals surface area contributed by atoms with Crippen LogP contribution in [0.4, 0.5) is 5.69 Å². The zero-order valence-corrected chi connectivity index (χ0v) is 13.3. The van der Waals surface area contributed by atoms with E-state index in [0.29, 0.717) is 5.56 Å². The third kappa shape index (κ3) is 4.29. The van der Waals surface area contributed by atoms with Crippen molar-refractivity contribution >= 4 is 17.4 Å². The van der Waals surface area contributed by atoms with Gasteiger partial charge in [0.05, 0.1) is 0 Å². The Hall–Kier alpha value is -2.42. The Kier molecular flexibility index (Phi) is 5.10. The number of carbonyl (C=O) groups excluding carboxylic acids is 2. The zero-order chi connectivity index (χ0) is 16.1. The quantitative estimate of drug-likeness (QED) is 0.840. The molecule has 2 rings (SSSR count). The minimum atomic E-state index is -0.138. The number of amides is 1. The van der Waals surface area contributed by atoms with Crippen LogP contribution in [-0.4, -0.2) is 11.7 Å². The molecule has 0 fully saturated rings. The monoisotopic (exact) mass is 295 g/mol. The lowest BCUT2D eigenvalue weighted by Gasteiger charge is -2.06. The van der Waals surface area contributed by atoms with E-state index in [2.05, 4.69) is 5.32 Å².